The van der Waals surface area contributed by atoms with Gasteiger partial charge in [-0.25, -0.2) is 4.79 Å². The number of anilines is 1. The van der Waals surface area contributed by atoms with Crippen LogP contribution in [-0.4, -0.2) is 55.7 Å². The zero-order chi connectivity index (χ0) is 20.1. The lowest BCUT2D eigenvalue weighted by Crippen LogP contribution is -2.56. The molecule has 1 aromatic heterocycles. The van der Waals surface area contributed by atoms with Crippen molar-refractivity contribution in [3.63, 3.8) is 0 Å². The average molecular weight is 397 g/mol. The Bertz CT molecular complexity index is 867. The molecule has 2 aliphatic heterocycles. The van der Waals surface area contributed by atoms with Gasteiger partial charge in [-0.1, -0.05) is 18.2 Å². The smallest absolute Gasteiger partial charge is 0.317 e. The second kappa shape index (κ2) is 8.67. The topological polar surface area (TPSA) is 91.1 Å². The van der Waals surface area contributed by atoms with E-state index in [4.69, 9.17) is 14.1 Å². The Balaban J connectivity index is 1.49. The summed E-state index contributed by atoms with van der Waals surface area (Å²) in [6, 6.07) is 11.8. The van der Waals surface area contributed by atoms with Crippen LogP contribution in [0.3, 0.4) is 0 Å². The van der Waals surface area contributed by atoms with Gasteiger partial charge in [0.25, 0.3) is 0 Å². The van der Waals surface area contributed by atoms with Gasteiger partial charge in [0.05, 0.1) is 31.5 Å². The third-order valence-electron chi connectivity index (χ3n) is 5.46. The molecule has 29 heavy (non-hydrogen) atoms. The molecule has 2 aromatic rings. The second-order valence-corrected chi connectivity index (χ2v) is 7.35. The fraction of sp³-hybridized carbons (Fsp3) is 0.429. The number of aliphatic imine (C=N–C) groups is 1. The van der Waals surface area contributed by atoms with Gasteiger partial charge < -0.3 is 24.7 Å². The van der Waals surface area contributed by atoms with Crippen molar-refractivity contribution in [2.24, 2.45) is 4.99 Å². The van der Waals surface area contributed by atoms with Crippen LogP contribution in [0.1, 0.15) is 17.7 Å². The first-order chi connectivity index (χ1) is 14.2. The number of carbonyl (C=O) groups excluding carboxylic acids is 1. The van der Waals surface area contributed by atoms with Crippen LogP contribution >= 0.6 is 0 Å². The molecule has 1 unspecified atom stereocenters. The number of hydrogen-bond acceptors (Lipinski definition) is 5. The molecule has 154 valence electrons. The molecule has 3 heterocycles. The molecule has 0 radical (unpaired) electrons. The second-order valence-electron chi connectivity index (χ2n) is 7.35. The van der Waals surface area contributed by atoms with Crippen LogP contribution < -0.4 is 16.0 Å². The number of rotatable bonds is 5. The molecular formula is C21H27N5O3. The lowest BCUT2D eigenvalue weighted by molar-refractivity contribution is 0.204. The zero-order valence-corrected chi connectivity index (χ0v) is 16.6. The minimum absolute atomic E-state index is 0.0990. The summed E-state index contributed by atoms with van der Waals surface area (Å²) in [6.45, 7) is 3.41. The maximum Gasteiger partial charge on any atom is 0.317 e. The zero-order valence-electron chi connectivity index (χ0n) is 16.6. The summed E-state index contributed by atoms with van der Waals surface area (Å²) in [5.74, 6) is 1.60. The number of fused-ring (bicyclic) bond motifs is 1. The van der Waals surface area contributed by atoms with Crippen LogP contribution in [0.4, 0.5) is 10.5 Å². The standard InChI is InChI=1S/C21H27N5O3/c1-28-12-9-22-19-21(24-13-16-5-2-3-7-18(16)25-19)8-10-26(15-21)20(27)23-14-17-6-4-11-29-17/h2-7,11,24H,8-10,12-15H2,1H3,(H,22,25)(H,23,27). The monoisotopic (exact) mass is 397 g/mol. The maximum absolute atomic E-state index is 12.7. The lowest BCUT2D eigenvalue weighted by Gasteiger charge is -2.30. The van der Waals surface area contributed by atoms with Crippen LogP contribution in [0.5, 0.6) is 0 Å². The number of furan rings is 1. The Hall–Kier alpha value is -2.84. The molecule has 3 N–H and O–H groups in total. The van der Waals surface area contributed by atoms with Crippen molar-refractivity contribution in [1.82, 2.24) is 15.5 Å². The highest BCUT2D eigenvalue weighted by Crippen LogP contribution is 2.29. The third-order valence-corrected chi connectivity index (χ3v) is 5.46. The van der Waals surface area contributed by atoms with E-state index in [9.17, 15) is 4.79 Å². The molecule has 0 aliphatic carbocycles. The predicted octanol–water partition coefficient (Wildman–Crippen LogP) is 2.19. The normalized spacial score (nSPS) is 22.4. The minimum Gasteiger partial charge on any atom is -0.467 e. The first kappa shape index (κ1) is 19.5. The summed E-state index contributed by atoms with van der Waals surface area (Å²) in [7, 11) is 1.67. The number of methoxy groups -OCH3 is 1. The number of nitrogens with zero attached hydrogens (tertiary/aromatic N) is 2. The van der Waals surface area contributed by atoms with Gasteiger partial charge in [0.15, 0.2) is 0 Å². The summed E-state index contributed by atoms with van der Waals surface area (Å²) in [5.41, 5.74) is 1.83. The Morgan fingerprint density at radius 2 is 2.24 bits per heavy atom. The number of carbonyl (C=O) groups is 1. The van der Waals surface area contributed by atoms with E-state index >= 15 is 0 Å². The molecule has 1 fully saturated rings. The van der Waals surface area contributed by atoms with Gasteiger partial charge in [0, 0.05) is 32.4 Å². The fourth-order valence-electron chi connectivity index (χ4n) is 3.84. The van der Waals surface area contributed by atoms with Crippen LogP contribution in [0.25, 0.3) is 0 Å². The van der Waals surface area contributed by atoms with Crippen molar-refractivity contribution in [1.29, 1.82) is 0 Å². The van der Waals surface area contributed by atoms with Gasteiger partial charge in [0.2, 0.25) is 0 Å². The van der Waals surface area contributed by atoms with Gasteiger partial charge in [-0.2, -0.15) is 0 Å². The van der Waals surface area contributed by atoms with Gasteiger partial charge in [-0.05, 0) is 30.2 Å². The van der Waals surface area contributed by atoms with Gasteiger partial charge in [0.1, 0.15) is 11.6 Å². The van der Waals surface area contributed by atoms with Gasteiger partial charge in [-0.15, -0.1) is 0 Å². The quantitative estimate of drug-likeness (QED) is 0.673. The molecule has 0 saturated carbocycles. The molecule has 0 bridgehead atoms. The summed E-state index contributed by atoms with van der Waals surface area (Å²) in [6.07, 6.45) is 2.39. The third kappa shape index (κ3) is 4.28. The Morgan fingerprint density at radius 1 is 1.34 bits per heavy atom. The summed E-state index contributed by atoms with van der Waals surface area (Å²) >= 11 is 0. The molecular weight excluding hydrogens is 370 g/mol. The molecule has 1 spiro atoms. The molecule has 2 amide bonds. The van der Waals surface area contributed by atoms with E-state index in [0.29, 0.717) is 39.3 Å². The van der Waals surface area contributed by atoms with Crippen LogP contribution in [0.2, 0.25) is 0 Å². The molecule has 2 aliphatic rings. The number of amides is 2. The highest BCUT2D eigenvalue weighted by atomic mass is 16.5. The van der Waals surface area contributed by atoms with E-state index in [1.165, 1.54) is 5.56 Å². The number of hydrogen-bond donors (Lipinski definition) is 3. The van der Waals surface area contributed by atoms with E-state index in [-0.39, 0.29) is 6.03 Å². The van der Waals surface area contributed by atoms with Crippen molar-refractivity contribution < 1.29 is 13.9 Å². The number of nitrogens with one attached hydrogen (secondary N) is 3. The summed E-state index contributed by atoms with van der Waals surface area (Å²) in [4.78, 5) is 19.3. The van der Waals surface area contributed by atoms with Crippen molar-refractivity contribution >= 4 is 17.6 Å². The fourth-order valence-corrected chi connectivity index (χ4v) is 3.84. The number of para-hydroxylation sites is 1. The number of urea groups is 1. The van der Waals surface area contributed by atoms with Crippen molar-refractivity contribution in [3.8, 4) is 0 Å². The van der Waals surface area contributed by atoms with E-state index in [0.717, 1.165) is 23.7 Å². The highest BCUT2D eigenvalue weighted by Gasteiger charge is 2.45. The first-order valence-corrected chi connectivity index (χ1v) is 9.89. The van der Waals surface area contributed by atoms with Crippen molar-refractivity contribution in [2.45, 2.75) is 25.0 Å². The first-order valence-electron chi connectivity index (χ1n) is 9.89. The number of amidine groups is 1. The maximum atomic E-state index is 12.7. The number of ether oxygens (including phenoxy) is 1. The number of likely N-dealkylation sites (tertiary alicyclic amines) is 1. The summed E-state index contributed by atoms with van der Waals surface area (Å²) in [5, 5.41) is 10.1. The molecule has 8 nitrogen and oxygen atoms in total. The van der Waals surface area contributed by atoms with Crippen LogP contribution in [0.15, 0.2) is 52.1 Å². The van der Waals surface area contributed by atoms with Crippen molar-refractivity contribution in [2.75, 3.05) is 38.7 Å². The molecule has 1 atom stereocenters. The Morgan fingerprint density at radius 3 is 3.07 bits per heavy atom. The predicted molar refractivity (Wildman–Crippen MR) is 111 cm³/mol. The average Bonchev–Trinajstić information content (AvgIpc) is 3.38. The minimum atomic E-state index is -0.408. The van der Waals surface area contributed by atoms with Gasteiger partial charge >= 0.3 is 6.03 Å². The Labute approximate surface area is 170 Å². The molecule has 4 rings (SSSR count). The van der Waals surface area contributed by atoms with E-state index in [1.54, 1.807) is 13.4 Å². The van der Waals surface area contributed by atoms with Crippen LogP contribution in [-0.2, 0) is 17.8 Å². The molecule has 8 heteroatoms. The largest absolute Gasteiger partial charge is 0.467 e. The highest BCUT2D eigenvalue weighted by molar-refractivity contribution is 6.04. The molecule has 1 saturated heterocycles. The molecule has 1 aromatic carbocycles. The Kier molecular flexibility index (Phi) is 5.82. The van der Waals surface area contributed by atoms with Crippen molar-refractivity contribution in [3.05, 3.63) is 54.0 Å². The summed E-state index contributed by atoms with van der Waals surface area (Å²) < 4.78 is 10.5. The van der Waals surface area contributed by atoms with E-state index in [1.807, 2.05) is 29.2 Å². The van der Waals surface area contributed by atoms with Crippen LogP contribution in [0, 0.1) is 0 Å². The lowest BCUT2D eigenvalue weighted by atomic mass is 9.96. The van der Waals surface area contributed by atoms with E-state index < -0.39 is 5.54 Å². The SMILES string of the molecule is COCCN=C1Nc2ccccc2CNC12CCN(C(=O)NCc1ccco1)C2. The van der Waals surface area contributed by atoms with Gasteiger partial charge in [-0.3, -0.25) is 10.3 Å². The number of benzene rings is 1. The van der Waals surface area contributed by atoms with E-state index in [2.05, 4.69) is 28.1 Å².